The fourth-order valence-corrected chi connectivity index (χ4v) is 0.748. The second-order valence-electron chi connectivity index (χ2n) is 2.12. The molecule has 0 aliphatic carbocycles. The summed E-state index contributed by atoms with van der Waals surface area (Å²) in [5.74, 6) is 0. The Morgan fingerprint density at radius 1 is 1.19 bits per heavy atom. The van der Waals surface area contributed by atoms with E-state index < -0.39 is 7.25 Å². The number of halogens is 5. The lowest BCUT2D eigenvalue weighted by Crippen LogP contribution is -2.11. The van der Waals surface area contributed by atoms with Crippen LogP contribution in [0.2, 0.25) is 5.02 Å². The second-order valence-corrected chi connectivity index (χ2v) is 2.55. The van der Waals surface area contributed by atoms with Crippen molar-refractivity contribution in [2.24, 2.45) is 0 Å². The number of rotatable bonds is 0. The van der Waals surface area contributed by atoms with Gasteiger partial charge in [0.1, 0.15) is 0 Å². The fourth-order valence-electron chi connectivity index (χ4n) is 0.558. The van der Waals surface area contributed by atoms with Crippen LogP contribution in [-0.2, 0) is 0 Å². The van der Waals surface area contributed by atoms with Crippen molar-refractivity contribution in [1.29, 1.82) is 10.7 Å². The first kappa shape index (κ1) is 16.6. The average Bonchev–Trinajstić information content (AvgIpc) is 2.18. The van der Waals surface area contributed by atoms with E-state index in [0.29, 0.717) is 10.6 Å². The minimum Gasteiger partial charge on any atom is -0.418 e. The van der Waals surface area contributed by atoms with Gasteiger partial charge in [-0.3, -0.25) is 0 Å². The zero-order chi connectivity index (χ0) is 13.2. The molecule has 1 N–H and O–H groups in total. The van der Waals surface area contributed by atoms with Crippen LogP contribution in [-0.4, -0.2) is 7.25 Å². The molecule has 1 rings (SSSR count). The van der Waals surface area contributed by atoms with Crippen molar-refractivity contribution in [3.8, 4) is 6.07 Å². The summed E-state index contributed by atoms with van der Waals surface area (Å²) in [6.45, 7) is 0. The summed E-state index contributed by atoms with van der Waals surface area (Å²) in [5, 5.41) is 20.0. The Kier molecular flexibility index (Phi) is 8.84. The van der Waals surface area contributed by atoms with Crippen molar-refractivity contribution < 1.29 is 22.7 Å². The lowest BCUT2D eigenvalue weighted by atomic mass is 10.2. The Labute approximate surface area is 93.8 Å². The molecule has 0 bridgehead atoms. The number of hydrogen-bond donors (Lipinski definition) is 1. The molecule has 1 aromatic carbocycles. The van der Waals surface area contributed by atoms with Gasteiger partial charge in [-0.05, 0) is 18.2 Å². The van der Waals surface area contributed by atoms with E-state index in [9.17, 15) is 17.3 Å². The normalized spacial score (nSPS) is 8.62. The van der Waals surface area contributed by atoms with E-state index in [0.717, 1.165) is 0 Å². The van der Waals surface area contributed by atoms with Gasteiger partial charge in [-0.25, -0.2) is 0 Å². The van der Waals surface area contributed by atoms with E-state index in [1.54, 1.807) is 24.3 Å². The zero-order valence-electron chi connectivity index (χ0n) is 7.67. The summed E-state index contributed by atoms with van der Waals surface area (Å²) in [7, 11) is -6.00. The Morgan fingerprint density at radius 2 is 1.62 bits per heavy atom. The Bertz CT molecular complexity index is 368. The van der Waals surface area contributed by atoms with Gasteiger partial charge in [-0.15, -0.1) is 0 Å². The van der Waals surface area contributed by atoms with Gasteiger partial charge in [0.15, 0.2) is 0 Å². The lowest BCUT2D eigenvalue weighted by molar-refractivity contribution is -0.175. The third-order valence-corrected chi connectivity index (χ3v) is 1.19. The summed E-state index contributed by atoms with van der Waals surface area (Å²) in [4.78, 5) is 0. The average molecular weight is 253 g/mol. The summed E-state index contributed by atoms with van der Waals surface area (Å²) in [6.07, 6.45) is 0. The first-order valence-corrected chi connectivity index (χ1v) is 3.96. The topological polar surface area (TPSA) is 71.4 Å². The predicted molar refractivity (Wildman–Crippen MR) is 49.0 cm³/mol. The van der Waals surface area contributed by atoms with Gasteiger partial charge in [0.25, 0.3) is 0 Å². The molecule has 0 saturated carbocycles. The number of nitriles is 1. The van der Waals surface area contributed by atoms with E-state index >= 15 is 0 Å². The van der Waals surface area contributed by atoms with Gasteiger partial charge in [0.2, 0.25) is 5.39 Å². The molecule has 0 unspecified atom stereocenters. The minimum absolute atomic E-state index is 0.600. The molecule has 0 aliphatic rings. The van der Waals surface area contributed by atoms with Crippen LogP contribution in [0.3, 0.4) is 0 Å². The van der Waals surface area contributed by atoms with Gasteiger partial charge in [0, 0.05) is 5.02 Å². The third-order valence-electron chi connectivity index (χ3n) is 0.954. The number of nitrogens with one attached hydrogen (secondary N) is 1. The lowest BCUT2D eigenvalue weighted by Gasteiger charge is -1.94. The molecule has 0 aliphatic heterocycles. The molecule has 0 fully saturated rings. The SMILES string of the molecule is F[B-](F)(F)F.N#Cc1cccc(Cl)c1.N#[NH+]. The summed E-state index contributed by atoms with van der Waals surface area (Å²) in [6, 6.07) is 8.81. The van der Waals surface area contributed by atoms with E-state index in [1.165, 1.54) is 0 Å². The van der Waals surface area contributed by atoms with Crippen LogP contribution in [0.5, 0.6) is 0 Å². The first-order valence-electron chi connectivity index (χ1n) is 3.58. The molecular weight excluding hydrogens is 248 g/mol. The van der Waals surface area contributed by atoms with Gasteiger partial charge in [0.05, 0.1) is 17.0 Å². The maximum Gasteiger partial charge on any atom is 0.673 e. The Balaban J connectivity index is 0. The van der Waals surface area contributed by atoms with E-state index in [2.05, 4.69) is 0 Å². The van der Waals surface area contributed by atoms with Crippen molar-refractivity contribution in [2.75, 3.05) is 0 Å². The highest BCUT2D eigenvalue weighted by molar-refractivity contribution is 6.50. The van der Waals surface area contributed by atoms with E-state index in [1.807, 2.05) is 6.07 Å². The molecule has 0 saturated heterocycles. The molecular formula is C7H5BClF4N3. The molecule has 0 atom stereocenters. The molecule has 0 spiro atoms. The van der Waals surface area contributed by atoms with Crippen LogP contribution in [0.1, 0.15) is 5.56 Å². The highest BCUT2D eigenvalue weighted by atomic mass is 35.5. The first-order chi connectivity index (χ1) is 7.33. The van der Waals surface area contributed by atoms with Gasteiger partial charge >= 0.3 is 7.25 Å². The maximum atomic E-state index is 9.75. The molecule has 0 heterocycles. The van der Waals surface area contributed by atoms with Crippen LogP contribution in [0.25, 0.3) is 0 Å². The van der Waals surface area contributed by atoms with Crippen LogP contribution < -0.4 is 5.39 Å². The van der Waals surface area contributed by atoms with Crippen molar-refractivity contribution in [3.05, 3.63) is 34.9 Å². The monoisotopic (exact) mass is 253 g/mol. The number of nitrogens with zero attached hydrogens (tertiary/aromatic N) is 2. The van der Waals surface area contributed by atoms with Crippen LogP contribution in [0.4, 0.5) is 17.3 Å². The quantitative estimate of drug-likeness (QED) is 0.435. The van der Waals surface area contributed by atoms with Crippen molar-refractivity contribution >= 4 is 18.9 Å². The number of hydrogen-bond acceptors (Lipinski definition) is 2. The molecule has 9 heteroatoms. The van der Waals surface area contributed by atoms with Crippen molar-refractivity contribution in [3.63, 3.8) is 0 Å². The molecule has 0 amide bonds. The molecule has 16 heavy (non-hydrogen) atoms. The highest BCUT2D eigenvalue weighted by Gasteiger charge is 2.20. The Hall–Kier alpha value is -1.80. The number of diazo groups is 1. The van der Waals surface area contributed by atoms with Crippen LogP contribution >= 0.6 is 11.6 Å². The van der Waals surface area contributed by atoms with E-state index in [4.69, 9.17) is 27.6 Å². The smallest absolute Gasteiger partial charge is 0.418 e. The van der Waals surface area contributed by atoms with Crippen LogP contribution in [0.15, 0.2) is 24.3 Å². The van der Waals surface area contributed by atoms with Gasteiger partial charge in [-0.1, -0.05) is 17.7 Å². The molecule has 0 aromatic heterocycles. The fraction of sp³-hybridized carbons (Fsp3) is 0. The van der Waals surface area contributed by atoms with Gasteiger partial charge in [-0.2, -0.15) is 5.26 Å². The van der Waals surface area contributed by atoms with Crippen molar-refractivity contribution in [2.45, 2.75) is 0 Å². The van der Waals surface area contributed by atoms with Gasteiger partial charge < -0.3 is 17.3 Å². The highest BCUT2D eigenvalue weighted by Crippen LogP contribution is 2.08. The van der Waals surface area contributed by atoms with Crippen molar-refractivity contribution in [1.82, 2.24) is 0 Å². The molecule has 1 aromatic rings. The molecule has 3 nitrogen and oxygen atoms in total. The summed E-state index contributed by atoms with van der Waals surface area (Å²) in [5.41, 5.74) is 0.600. The molecule has 0 radical (unpaired) electrons. The number of benzene rings is 1. The standard InChI is InChI=1S/C7H4ClN.BF4.N2/c8-7-3-1-2-6(4-7)5-9;2-1(3,4)5;1-2/h1-4H;;/q;-1;/p+1. The molecule has 86 valence electrons. The second kappa shape index (κ2) is 8.51. The summed E-state index contributed by atoms with van der Waals surface area (Å²) < 4.78 is 39.0. The predicted octanol–water partition coefficient (Wildman–Crippen LogP) is 1.79. The maximum absolute atomic E-state index is 9.75. The van der Waals surface area contributed by atoms with Crippen LogP contribution in [0, 0.1) is 16.7 Å². The third kappa shape index (κ3) is 14.7. The largest absolute Gasteiger partial charge is 0.673 e. The minimum atomic E-state index is -6.00. The van der Waals surface area contributed by atoms with E-state index in [-0.39, 0.29) is 0 Å². The zero-order valence-corrected chi connectivity index (χ0v) is 8.43. The Morgan fingerprint density at radius 3 is 1.88 bits per heavy atom. The summed E-state index contributed by atoms with van der Waals surface area (Å²) >= 11 is 5.57.